The molecule has 0 atom stereocenters. The zero-order valence-corrected chi connectivity index (χ0v) is 14.2. The second-order valence-corrected chi connectivity index (χ2v) is 6.88. The summed E-state index contributed by atoms with van der Waals surface area (Å²) in [6.07, 6.45) is 1.68. The quantitative estimate of drug-likeness (QED) is 0.632. The molecule has 3 aromatic rings. The fourth-order valence-corrected chi connectivity index (χ4v) is 2.95. The van der Waals surface area contributed by atoms with Gasteiger partial charge in [0.15, 0.2) is 0 Å². The van der Waals surface area contributed by atoms with Crippen LogP contribution in [-0.2, 0) is 5.41 Å². The second-order valence-electron chi connectivity index (χ2n) is 6.88. The largest absolute Gasteiger partial charge is 0.236 e. The Balaban J connectivity index is 2.33. The number of hydrogen-bond acceptors (Lipinski definition) is 2. The molecule has 0 spiro atoms. The van der Waals surface area contributed by atoms with E-state index in [1.165, 1.54) is 16.7 Å². The molecular formula is C21H22N2. The summed E-state index contributed by atoms with van der Waals surface area (Å²) in [6, 6.07) is 18.8. The van der Waals surface area contributed by atoms with E-state index in [0.29, 0.717) is 0 Å². The molecule has 2 nitrogen and oxygen atoms in total. The smallest absolute Gasteiger partial charge is 0.116 e. The third-order valence-electron chi connectivity index (χ3n) is 4.04. The van der Waals surface area contributed by atoms with Crippen molar-refractivity contribution < 1.29 is 0 Å². The van der Waals surface area contributed by atoms with Crippen molar-refractivity contribution in [2.75, 3.05) is 0 Å². The summed E-state index contributed by atoms with van der Waals surface area (Å²) in [5.74, 6) is 0. The van der Waals surface area contributed by atoms with Crippen molar-refractivity contribution in [1.29, 1.82) is 0 Å². The average molecular weight is 302 g/mol. The minimum absolute atomic E-state index is 0.0515. The maximum atomic E-state index is 4.65. The molecule has 0 fully saturated rings. The number of nitrogens with zero attached hydrogens (tertiary/aromatic N) is 2. The molecule has 0 N–H and O–H groups in total. The zero-order chi connectivity index (χ0) is 16.4. The van der Waals surface area contributed by atoms with Crippen LogP contribution in [0.2, 0.25) is 0 Å². The van der Waals surface area contributed by atoms with Gasteiger partial charge in [-0.1, -0.05) is 75.4 Å². The van der Waals surface area contributed by atoms with Gasteiger partial charge in [0, 0.05) is 16.7 Å². The molecule has 0 aliphatic carbocycles. The number of aryl methyl sites for hydroxylation is 1. The molecule has 0 amide bonds. The highest BCUT2D eigenvalue weighted by Crippen LogP contribution is 2.38. The van der Waals surface area contributed by atoms with E-state index in [1.807, 2.05) is 6.07 Å². The van der Waals surface area contributed by atoms with Gasteiger partial charge in [-0.25, -0.2) is 9.97 Å². The standard InChI is InChI=1S/C21H22N2/c1-15-10-8-9-13-17(15)20-18(21(2,3)4)19(22-14-23-20)16-11-6-5-7-12-16/h5-14H,1-4H3. The van der Waals surface area contributed by atoms with E-state index >= 15 is 0 Å². The highest BCUT2D eigenvalue weighted by Gasteiger charge is 2.25. The second kappa shape index (κ2) is 5.96. The average Bonchev–Trinajstić information content (AvgIpc) is 2.54. The lowest BCUT2D eigenvalue weighted by Gasteiger charge is -2.25. The van der Waals surface area contributed by atoms with Crippen LogP contribution >= 0.6 is 0 Å². The molecule has 0 saturated carbocycles. The van der Waals surface area contributed by atoms with Crippen LogP contribution in [0.3, 0.4) is 0 Å². The van der Waals surface area contributed by atoms with Crippen molar-refractivity contribution >= 4 is 0 Å². The van der Waals surface area contributed by atoms with E-state index in [0.717, 1.165) is 17.0 Å². The van der Waals surface area contributed by atoms with Gasteiger partial charge in [0.2, 0.25) is 0 Å². The van der Waals surface area contributed by atoms with Crippen molar-refractivity contribution in [2.45, 2.75) is 33.1 Å². The Labute approximate surface area is 138 Å². The van der Waals surface area contributed by atoms with Gasteiger partial charge in [-0.3, -0.25) is 0 Å². The summed E-state index contributed by atoms with van der Waals surface area (Å²) in [5.41, 5.74) is 6.74. The summed E-state index contributed by atoms with van der Waals surface area (Å²) in [6.45, 7) is 8.80. The van der Waals surface area contributed by atoms with Crippen LogP contribution < -0.4 is 0 Å². The van der Waals surface area contributed by atoms with Gasteiger partial charge in [-0.15, -0.1) is 0 Å². The molecule has 2 aromatic carbocycles. The molecule has 1 heterocycles. The predicted octanol–water partition coefficient (Wildman–Crippen LogP) is 5.42. The summed E-state index contributed by atoms with van der Waals surface area (Å²) >= 11 is 0. The number of aromatic nitrogens is 2. The van der Waals surface area contributed by atoms with Gasteiger partial charge in [-0.05, 0) is 17.9 Å². The third kappa shape index (κ3) is 3.02. The van der Waals surface area contributed by atoms with Gasteiger partial charge < -0.3 is 0 Å². The van der Waals surface area contributed by atoms with Gasteiger partial charge >= 0.3 is 0 Å². The Morgan fingerprint density at radius 1 is 0.739 bits per heavy atom. The highest BCUT2D eigenvalue weighted by atomic mass is 14.9. The summed E-state index contributed by atoms with van der Waals surface area (Å²) < 4.78 is 0. The Kier molecular flexibility index (Phi) is 3.99. The van der Waals surface area contributed by atoms with Gasteiger partial charge in [0.25, 0.3) is 0 Å². The lowest BCUT2D eigenvalue weighted by molar-refractivity contribution is 0.588. The molecule has 0 bridgehead atoms. The van der Waals surface area contributed by atoms with Crippen molar-refractivity contribution in [2.24, 2.45) is 0 Å². The predicted molar refractivity (Wildman–Crippen MR) is 96.3 cm³/mol. The number of rotatable bonds is 2. The minimum atomic E-state index is -0.0515. The molecule has 0 aliphatic rings. The normalized spacial score (nSPS) is 11.5. The van der Waals surface area contributed by atoms with Crippen LogP contribution in [0, 0.1) is 6.92 Å². The lowest BCUT2D eigenvalue weighted by Crippen LogP contribution is -2.17. The molecule has 1 aromatic heterocycles. The first-order chi connectivity index (χ1) is 11.0. The van der Waals surface area contributed by atoms with Crippen molar-refractivity contribution in [3.8, 4) is 22.5 Å². The topological polar surface area (TPSA) is 25.8 Å². The lowest BCUT2D eigenvalue weighted by atomic mass is 9.81. The Bertz CT molecular complexity index is 815. The monoisotopic (exact) mass is 302 g/mol. The van der Waals surface area contributed by atoms with Gasteiger partial charge in [0.05, 0.1) is 11.4 Å². The third-order valence-corrected chi connectivity index (χ3v) is 4.04. The first kappa shape index (κ1) is 15.4. The fourth-order valence-electron chi connectivity index (χ4n) is 2.95. The van der Waals surface area contributed by atoms with Crippen LogP contribution in [0.15, 0.2) is 60.9 Å². The molecule has 3 rings (SSSR count). The Morgan fingerprint density at radius 3 is 2.00 bits per heavy atom. The number of benzene rings is 2. The van der Waals surface area contributed by atoms with Crippen LogP contribution in [0.1, 0.15) is 31.9 Å². The van der Waals surface area contributed by atoms with E-state index in [2.05, 4.69) is 86.2 Å². The van der Waals surface area contributed by atoms with Crippen LogP contribution in [-0.4, -0.2) is 9.97 Å². The van der Waals surface area contributed by atoms with Gasteiger partial charge in [0.1, 0.15) is 6.33 Å². The maximum Gasteiger partial charge on any atom is 0.116 e. The van der Waals surface area contributed by atoms with E-state index < -0.39 is 0 Å². The van der Waals surface area contributed by atoms with Crippen molar-refractivity contribution in [1.82, 2.24) is 9.97 Å². The first-order valence-corrected chi connectivity index (χ1v) is 7.95. The van der Waals surface area contributed by atoms with E-state index in [-0.39, 0.29) is 5.41 Å². The van der Waals surface area contributed by atoms with Crippen LogP contribution in [0.25, 0.3) is 22.5 Å². The Hall–Kier alpha value is -2.48. The number of hydrogen-bond donors (Lipinski definition) is 0. The van der Waals surface area contributed by atoms with Crippen molar-refractivity contribution in [3.05, 3.63) is 72.1 Å². The van der Waals surface area contributed by atoms with Gasteiger partial charge in [-0.2, -0.15) is 0 Å². The molecule has 0 radical (unpaired) electrons. The highest BCUT2D eigenvalue weighted by molar-refractivity contribution is 5.76. The molecule has 23 heavy (non-hydrogen) atoms. The molecular weight excluding hydrogens is 280 g/mol. The Morgan fingerprint density at radius 2 is 1.35 bits per heavy atom. The zero-order valence-electron chi connectivity index (χ0n) is 14.2. The SMILES string of the molecule is Cc1ccccc1-c1ncnc(-c2ccccc2)c1C(C)(C)C. The van der Waals surface area contributed by atoms with E-state index in [4.69, 9.17) is 0 Å². The van der Waals surface area contributed by atoms with Crippen LogP contribution in [0.4, 0.5) is 0 Å². The minimum Gasteiger partial charge on any atom is -0.236 e. The molecule has 0 unspecified atom stereocenters. The summed E-state index contributed by atoms with van der Waals surface area (Å²) in [4.78, 5) is 9.27. The molecule has 2 heteroatoms. The molecule has 116 valence electrons. The first-order valence-electron chi connectivity index (χ1n) is 7.95. The maximum absolute atomic E-state index is 4.65. The molecule has 0 saturated heterocycles. The summed E-state index contributed by atoms with van der Waals surface area (Å²) in [5, 5.41) is 0. The summed E-state index contributed by atoms with van der Waals surface area (Å²) in [7, 11) is 0. The fraction of sp³-hybridized carbons (Fsp3) is 0.238. The van der Waals surface area contributed by atoms with Crippen LogP contribution in [0.5, 0.6) is 0 Å². The molecule has 0 aliphatic heterocycles. The van der Waals surface area contributed by atoms with E-state index in [1.54, 1.807) is 6.33 Å². The van der Waals surface area contributed by atoms with E-state index in [9.17, 15) is 0 Å². The van der Waals surface area contributed by atoms with Crippen molar-refractivity contribution in [3.63, 3.8) is 0 Å².